The Morgan fingerprint density at radius 1 is 1.03 bits per heavy atom. The number of benzene rings is 1. The number of ether oxygens (including phenoxy) is 1. The number of carbonyl (C=O) groups excluding carboxylic acids is 1. The predicted octanol–water partition coefficient (Wildman–Crippen LogP) is 6.49. The van der Waals surface area contributed by atoms with E-state index in [1.807, 2.05) is 6.07 Å². The summed E-state index contributed by atoms with van der Waals surface area (Å²) in [6.07, 6.45) is 4.81. The van der Waals surface area contributed by atoms with E-state index in [0.717, 1.165) is 41.9 Å². The van der Waals surface area contributed by atoms with Crippen LogP contribution in [0.2, 0.25) is 0 Å². The number of nitrogens with zero attached hydrogens (tertiary/aromatic N) is 3. The molecule has 2 aliphatic rings. The Morgan fingerprint density at radius 2 is 1.74 bits per heavy atom. The van der Waals surface area contributed by atoms with Crippen LogP contribution in [0.4, 0.5) is 19.4 Å². The SMILES string of the molecule is O=C(c1ccc(S(F)(F)(F)(F)F)cc1)N1CCC(c2ccnc3nc([C@H]4CCCO4)[nH]c23)CC1. The summed E-state index contributed by atoms with van der Waals surface area (Å²) in [5, 5.41) is 0. The van der Waals surface area contributed by atoms with Crippen LogP contribution in [0.1, 0.15) is 59.5 Å². The minimum atomic E-state index is -9.76. The summed E-state index contributed by atoms with van der Waals surface area (Å²) >= 11 is 0. The Bertz CT molecular complexity index is 1230. The number of piperidine rings is 1. The molecule has 6 nitrogen and oxygen atoms in total. The summed E-state index contributed by atoms with van der Waals surface area (Å²) < 4.78 is 70.3. The first-order valence-corrected chi connectivity index (χ1v) is 12.9. The van der Waals surface area contributed by atoms with Crippen LogP contribution in [0.25, 0.3) is 11.2 Å². The standard InChI is InChI=1S/C22H23F5N4O2S/c23-34(24,25,26,27)16-5-3-15(4-6-16)22(32)31-11-8-14(9-12-31)17-7-10-28-21-19(17)29-20(30-21)18-2-1-13-33-18/h3-7,10,14,18H,1-2,8-9,11-13H2,(H,28,29,30)/t18-/m1/s1. The van der Waals surface area contributed by atoms with Crippen LogP contribution in [0, 0.1) is 0 Å². The van der Waals surface area contributed by atoms with Crippen LogP contribution in [-0.4, -0.2) is 45.5 Å². The lowest BCUT2D eigenvalue weighted by Crippen LogP contribution is -2.38. The second-order valence-corrected chi connectivity index (χ2v) is 11.2. The van der Waals surface area contributed by atoms with Crippen molar-refractivity contribution in [3.63, 3.8) is 0 Å². The summed E-state index contributed by atoms with van der Waals surface area (Å²) in [5.41, 5.74) is 2.47. The Hall–Kier alpha value is -2.73. The molecule has 0 aliphatic carbocycles. The largest absolute Gasteiger partial charge is 0.370 e. The first-order valence-electron chi connectivity index (χ1n) is 11.0. The number of hydrogen-bond acceptors (Lipinski definition) is 4. The lowest BCUT2D eigenvalue weighted by molar-refractivity contribution is 0.0713. The molecule has 2 aromatic heterocycles. The number of pyridine rings is 1. The number of likely N-dealkylation sites (tertiary alicyclic amines) is 1. The molecule has 0 spiro atoms. The number of rotatable bonds is 4. The van der Waals surface area contributed by atoms with E-state index >= 15 is 0 Å². The zero-order valence-electron chi connectivity index (χ0n) is 18.0. The first kappa shape index (κ1) is 23.0. The van der Waals surface area contributed by atoms with Gasteiger partial charge in [0.2, 0.25) is 0 Å². The van der Waals surface area contributed by atoms with Gasteiger partial charge >= 0.3 is 10.2 Å². The van der Waals surface area contributed by atoms with Gasteiger partial charge in [0.25, 0.3) is 5.91 Å². The molecule has 2 aliphatic heterocycles. The van der Waals surface area contributed by atoms with Gasteiger partial charge < -0.3 is 14.6 Å². The van der Waals surface area contributed by atoms with Crippen molar-refractivity contribution >= 4 is 27.3 Å². The Labute approximate surface area is 192 Å². The number of carbonyl (C=O) groups is 1. The van der Waals surface area contributed by atoms with Gasteiger partial charge in [0.05, 0.1) is 5.52 Å². The number of nitrogens with one attached hydrogen (secondary N) is 1. The summed E-state index contributed by atoms with van der Waals surface area (Å²) in [6.45, 7) is 1.49. The highest BCUT2D eigenvalue weighted by molar-refractivity contribution is 8.45. The molecule has 2 saturated heterocycles. The van der Waals surface area contributed by atoms with Crippen molar-refractivity contribution in [2.75, 3.05) is 19.7 Å². The molecule has 1 N–H and O–H groups in total. The van der Waals surface area contributed by atoms with Gasteiger partial charge in [-0.05, 0) is 67.5 Å². The van der Waals surface area contributed by atoms with Crippen LogP contribution in [0.3, 0.4) is 0 Å². The van der Waals surface area contributed by atoms with Crippen molar-refractivity contribution in [2.45, 2.75) is 42.6 Å². The van der Waals surface area contributed by atoms with Crippen LogP contribution in [-0.2, 0) is 4.74 Å². The molecule has 12 heteroatoms. The Balaban J connectivity index is 1.29. The van der Waals surface area contributed by atoms with Gasteiger partial charge in [0, 0.05) is 31.5 Å². The van der Waals surface area contributed by atoms with E-state index in [9.17, 15) is 24.2 Å². The van der Waals surface area contributed by atoms with E-state index in [0.29, 0.717) is 38.2 Å². The number of hydrogen-bond donors (Lipinski definition) is 1. The van der Waals surface area contributed by atoms with Gasteiger partial charge in [0.1, 0.15) is 16.8 Å². The molecule has 5 rings (SSSR count). The zero-order valence-corrected chi connectivity index (χ0v) is 18.8. The molecular formula is C22H23F5N4O2S. The first-order chi connectivity index (χ1) is 15.9. The fourth-order valence-electron chi connectivity index (χ4n) is 4.66. The van der Waals surface area contributed by atoms with E-state index in [4.69, 9.17) is 4.74 Å². The second-order valence-electron chi connectivity index (χ2n) is 8.78. The second kappa shape index (κ2) is 7.38. The van der Waals surface area contributed by atoms with Gasteiger partial charge in [-0.3, -0.25) is 4.79 Å². The van der Waals surface area contributed by atoms with Gasteiger partial charge in [0.15, 0.2) is 5.65 Å². The molecule has 0 saturated carbocycles. The summed E-state index contributed by atoms with van der Waals surface area (Å²) in [7, 11) is -9.76. The monoisotopic (exact) mass is 502 g/mol. The van der Waals surface area contributed by atoms with E-state index in [-0.39, 0.29) is 29.7 Å². The topological polar surface area (TPSA) is 71.1 Å². The number of H-pyrrole nitrogens is 1. The Kier molecular flexibility index (Phi) is 5.00. The number of imidazole rings is 1. The van der Waals surface area contributed by atoms with E-state index in [1.54, 1.807) is 6.20 Å². The molecule has 3 aromatic rings. The number of amides is 1. The molecule has 0 unspecified atom stereocenters. The van der Waals surface area contributed by atoms with Gasteiger partial charge in [-0.2, -0.15) is 0 Å². The van der Waals surface area contributed by atoms with Gasteiger partial charge in [-0.25, -0.2) is 9.97 Å². The molecule has 0 bridgehead atoms. The van der Waals surface area contributed by atoms with Gasteiger partial charge in [-0.1, -0.05) is 19.4 Å². The average molecular weight is 503 g/mol. The summed E-state index contributed by atoms with van der Waals surface area (Å²) in [6, 6.07) is 4.11. The minimum absolute atomic E-state index is 0.0508. The lowest BCUT2D eigenvalue weighted by Gasteiger charge is -2.40. The fraction of sp³-hybridized carbons (Fsp3) is 0.409. The molecule has 2 fully saturated rings. The zero-order chi connectivity index (χ0) is 24.2. The number of aromatic amines is 1. The van der Waals surface area contributed by atoms with Crippen LogP contribution < -0.4 is 0 Å². The third-order valence-electron chi connectivity index (χ3n) is 6.45. The molecule has 34 heavy (non-hydrogen) atoms. The Morgan fingerprint density at radius 3 is 2.35 bits per heavy atom. The third kappa shape index (κ3) is 4.48. The molecule has 184 valence electrons. The average Bonchev–Trinajstić information content (AvgIpc) is 3.47. The molecule has 1 aromatic carbocycles. The predicted molar refractivity (Wildman–Crippen MR) is 118 cm³/mol. The quantitative estimate of drug-likeness (QED) is 0.414. The number of halogens is 5. The molecule has 4 heterocycles. The summed E-state index contributed by atoms with van der Waals surface area (Å²) in [4.78, 5) is 24.6. The molecule has 1 atom stereocenters. The van der Waals surface area contributed by atoms with Gasteiger partial charge in [-0.15, -0.1) is 0 Å². The highest BCUT2D eigenvalue weighted by Crippen LogP contribution is 3.02. The van der Waals surface area contributed by atoms with Crippen molar-refractivity contribution in [1.82, 2.24) is 19.9 Å². The number of fused-ring (bicyclic) bond motifs is 1. The highest BCUT2D eigenvalue weighted by Gasteiger charge is 2.65. The smallest absolute Gasteiger partial charge is 0.310 e. The maximum atomic E-state index is 12.9. The fourth-order valence-corrected chi connectivity index (χ4v) is 5.32. The third-order valence-corrected chi connectivity index (χ3v) is 7.61. The summed E-state index contributed by atoms with van der Waals surface area (Å²) in [5.74, 6) is 0.423. The maximum absolute atomic E-state index is 12.9. The molecule has 1 amide bonds. The van der Waals surface area contributed by atoms with Crippen molar-refractivity contribution in [3.05, 3.63) is 53.5 Å². The van der Waals surface area contributed by atoms with Crippen molar-refractivity contribution < 1.29 is 29.0 Å². The van der Waals surface area contributed by atoms with Crippen molar-refractivity contribution in [3.8, 4) is 0 Å². The highest BCUT2D eigenvalue weighted by atomic mass is 32.5. The van der Waals surface area contributed by atoms with E-state index < -0.39 is 21.0 Å². The maximum Gasteiger partial charge on any atom is 0.310 e. The number of aromatic nitrogens is 3. The van der Waals surface area contributed by atoms with E-state index in [2.05, 4.69) is 15.0 Å². The van der Waals surface area contributed by atoms with Crippen LogP contribution in [0.5, 0.6) is 0 Å². The lowest BCUT2D eigenvalue weighted by atomic mass is 9.89. The van der Waals surface area contributed by atoms with Crippen molar-refractivity contribution in [1.29, 1.82) is 0 Å². The minimum Gasteiger partial charge on any atom is -0.370 e. The molecular weight excluding hydrogens is 479 g/mol. The van der Waals surface area contributed by atoms with E-state index in [1.165, 1.54) is 4.90 Å². The van der Waals surface area contributed by atoms with Crippen LogP contribution in [0.15, 0.2) is 41.4 Å². The van der Waals surface area contributed by atoms with Crippen molar-refractivity contribution in [2.24, 2.45) is 0 Å². The van der Waals surface area contributed by atoms with Crippen LogP contribution >= 0.6 is 10.2 Å². The molecule has 0 radical (unpaired) electrons. The normalized spacial score (nSPS) is 22.0.